The van der Waals surface area contributed by atoms with Crippen LogP contribution in [0.25, 0.3) is 21.9 Å². The van der Waals surface area contributed by atoms with Gasteiger partial charge in [0.25, 0.3) is 0 Å². The highest BCUT2D eigenvalue weighted by Gasteiger charge is 2.25. The van der Waals surface area contributed by atoms with E-state index in [9.17, 15) is 9.90 Å². The lowest BCUT2D eigenvalue weighted by atomic mass is 10.1. The van der Waals surface area contributed by atoms with E-state index in [1.54, 1.807) is 18.2 Å². The Hall–Kier alpha value is -4.48. The molecule has 11 heteroatoms. The van der Waals surface area contributed by atoms with Crippen molar-refractivity contribution in [2.45, 2.75) is 32.2 Å². The lowest BCUT2D eigenvalue weighted by molar-refractivity contribution is -0.0592. The number of carbonyl (C=O) groups is 1. The first kappa shape index (κ1) is 26.4. The van der Waals surface area contributed by atoms with Crippen LogP contribution in [0.4, 0.5) is 5.82 Å². The van der Waals surface area contributed by atoms with Gasteiger partial charge in [0.15, 0.2) is 0 Å². The SMILES string of the molecule is Cn1ncc2ccc(COc3cccc(N4CCN(Cc5nc6ccc(C(=O)O)cc6n5CC5CCO5)CC4)n3)cc21. The van der Waals surface area contributed by atoms with Gasteiger partial charge in [-0.15, -0.1) is 0 Å². The maximum Gasteiger partial charge on any atom is 0.335 e. The van der Waals surface area contributed by atoms with Crippen molar-refractivity contribution in [3.05, 3.63) is 77.7 Å². The Morgan fingerprint density at radius 3 is 2.69 bits per heavy atom. The molecule has 5 heterocycles. The minimum absolute atomic E-state index is 0.144. The fourth-order valence-electron chi connectivity index (χ4n) is 5.69. The minimum atomic E-state index is -0.934. The molecule has 0 amide bonds. The number of carboxylic acid groups (broad SMARTS) is 1. The van der Waals surface area contributed by atoms with Crippen molar-refractivity contribution in [3.63, 3.8) is 0 Å². The monoisotopic (exact) mass is 567 g/mol. The molecule has 5 aromatic rings. The molecule has 42 heavy (non-hydrogen) atoms. The number of aryl methyl sites for hydroxylation is 1. The fraction of sp³-hybridized carbons (Fsp3) is 0.355. The lowest BCUT2D eigenvalue weighted by Gasteiger charge is -2.35. The number of pyridine rings is 1. The first-order chi connectivity index (χ1) is 20.5. The summed E-state index contributed by atoms with van der Waals surface area (Å²) >= 11 is 0. The molecule has 11 nitrogen and oxygen atoms in total. The van der Waals surface area contributed by atoms with Crippen molar-refractivity contribution in [1.82, 2.24) is 29.2 Å². The number of rotatable bonds is 9. The fourth-order valence-corrected chi connectivity index (χ4v) is 5.69. The molecule has 0 aliphatic carbocycles. The maximum absolute atomic E-state index is 11.6. The van der Waals surface area contributed by atoms with Crippen LogP contribution in [0, 0.1) is 0 Å². The molecule has 2 fully saturated rings. The third kappa shape index (κ3) is 5.28. The molecule has 1 N–H and O–H groups in total. The summed E-state index contributed by atoms with van der Waals surface area (Å²) < 4.78 is 15.8. The van der Waals surface area contributed by atoms with Crippen LogP contribution in [0.15, 0.2) is 60.8 Å². The molecule has 2 aliphatic rings. The number of carboxylic acids is 1. The molecule has 2 saturated heterocycles. The Morgan fingerprint density at radius 2 is 1.90 bits per heavy atom. The summed E-state index contributed by atoms with van der Waals surface area (Å²) in [6.07, 6.45) is 3.01. The Kier molecular flexibility index (Phi) is 6.96. The third-order valence-corrected chi connectivity index (χ3v) is 8.22. The van der Waals surface area contributed by atoms with E-state index in [-0.39, 0.29) is 11.7 Å². The van der Waals surface area contributed by atoms with Crippen molar-refractivity contribution in [3.8, 4) is 5.88 Å². The van der Waals surface area contributed by atoms with E-state index < -0.39 is 5.97 Å². The van der Waals surface area contributed by atoms with Crippen LogP contribution in [0.2, 0.25) is 0 Å². The molecule has 0 spiro atoms. The molecule has 216 valence electrons. The second-order valence-electron chi connectivity index (χ2n) is 11.0. The topological polar surface area (TPSA) is 111 Å². The van der Waals surface area contributed by atoms with E-state index in [4.69, 9.17) is 19.4 Å². The van der Waals surface area contributed by atoms with Crippen molar-refractivity contribution in [1.29, 1.82) is 0 Å². The van der Waals surface area contributed by atoms with Gasteiger partial charge in [-0.1, -0.05) is 18.2 Å². The summed E-state index contributed by atoms with van der Waals surface area (Å²) in [5.74, 6) is 1.52. The van der Waals surface area contributed by atoms with Crippen LogP contribution in [0.5, 0.6) is 5.88 Å². The van der Waals surface area contributed by atoms with Crippen LogP contribution in [-0.2, 0) is 31.5 Å². The molecule has 1 unspecified atom stereocenters. The number of nitrogens with zero attached hydrogens (tertiary/aromatic N) is 7. The smallest absolute Gasteiger partial charge is 0.335 e. The molecule has 1 atom stereocenters. The number of imidazole rings is 1. The maximum atomic E-state index is 11.6. The van der Waals surface area contributed by atoms with E-state index in [0.29, 0.717) is 25.6 Å². The van der Waals surface area contributed by atoms with Gasteiger partial charge >= 0.3 is 5.97 Å². The number of anilines is 1. The van der Waals surface area contributed by atoms with E-state index in [0.717, 1.165) is 78.3 Å². The van der Waals surface area contributed by atoms with Gasteiger partial charge in [-0.05, 0) is 42.3 Å². The summed E-state index contributed by atoms with van der Waals surface area (Å²) in [7, 11) is 1.94. The zero-order valence-corrected chi connectivity index (χ0v) is 23.5. The van der Waals surface area contributed by atoms with Crippen molar-refractivity contribution >= 4 is 33.7 Å². The molecule has 2 aliphatic heterocycles. The van der Waals surface area contributed by atoms with E-state index in [1.807, 2.05) is 36.1 Å². The number of benzene rings is 2. The summed E-state index contributed by atoms with van der Waals surface area (Å²) in [5, 5.41) is 14.9. The van der Waals surface area contributed by atoms with E-state index in [2.05, 4.69) is 37.7 Å². The molecular formula is C31H33N7O4. The number of aromatic carboxylic acids is 1. The summed E-state index contributed by atoms with van der Waals surface area (Å²) in [6, 6.07) is 17.3. The van der Waals surface area contributed by atoms with E-state index >= 15 is 0 Å². The van der Waals surface area contributed by atoms with Crippen molar-refractivity contribution < 1.29 is 19.4 Å². The van der Waals surface area contributed by atoms with Crippen molar-refractivity contribution in [2.24, 2.45) is 7.05 Å². The van der Waals surface area contributed by atoms with Gasteiger partial charge in [0, 0.05) is 51.3 Å². The minimum Gasteiger partial charge on any atom is -0.478 e. The molecule has 0 bridgehead atoms. The number of hydrogen-bond acceptors (Lipinski definition) is 8. The predicted octanol–water partition coefficient (Wildman–Crippen LogP) is 3.71. The molecule has 0 radical (unpaired) electrons. The lowest BCUT2D eigenvalue weighted by Crippen LogP contribution is -2.46. The standard InChI is InChI=1S/C31H33N7O4/c1-35-26-15-21(5-6-23(26)17-32-35)20-42-30-4-2-3-28(34-30)37-12-10-36(11-13-37)19-29-33-25-8-7-22(31(39)40)16-27(25)38(29)18-24-9-14-41-24/h2-8,15-17,24H,9-14,18-20H2,1H3,(H,39,40). The number of piperazine rings is 1. The Bertz CT molecular complexity index is 1750. The highest BCUT2D eigenvalue weighted by Crippen LogP contribution is 2.25. The van der Waals surface area contributed by atoms with Crippen LogP contribution < -0.4 is 9.64 Å². The van der Waals surface area contributed by atoms with E-state index in [1.165, 1.54) is 0 Å². The number of fused-ring (bicyclic) bond motifs is 2. The number of aromatic nitrogens is 5. The van der Waals surface area contributed by atoms with Crippen LogP contribution >= 0.6 is 0 Å². The van der Waals surface area contributed by atoms with Gasteiger partial charge in [0.1, 0.15) is 18.2 Å². The van der Waals surface area contributed by atoms with Gasteiger partial charge in [-0.25, -0.2) is 9.78 Å². The number of hydrogen-bond donors (Lipinski definition) is 1. The van der Waals surface area contributed by atoms with Crippen LogP contribution in [0.3, 0.4) is 0 Å². The Labute approximate surface area is 242 Å². The largest absolute Gasteiger partial charge is 0.478 e. The second kappa shape index (κ2) is 11.1. The van der Waals surface area contributed by atoms with Crippen LogP contribution in [-0.4, -0.2) is 79.2 Å². The quantitative estimate of drug-likeness (QED) is 0.285. The first-order valence-corrected chi connectivity index (χ1v) is 14.3. The molecule has 3 aromatic heterocycles. The molecule has 0 saturated carbocycles. The average molecular weight is 568 g/mol. The summed E-state index contributed by atoms with van der Waals surface area (Å²) in [5.41, 5.74) is 4.08. The zero-order valence-electron chi connectivity index (χ0n) is 23.5. The molecular weight excluding hydrogens is 534 g/mol. The first-order valence-electron chi connectivity index (χ1n) is 14.3. The predicted molar refractivity (Wildman–Crippen MR) is 158 cm³/mol. The van der Waals surface area contributed by atoms with Gasteiger partial charge in [-0.3, -0.25) is 9.58 Å². The van der Waals surface area contributed by atoms with Gasteiger partial charge in [0.05, 0.1) is 47.5 Å². The van der Waals surface area contributed by atoms with Gasteiger partial charge in [-0.2, -0.15) is 10.1 Å². The summed E-state index contributed by atoms with van der Waals surface area (Å²) in [4.78, 5) is 26.0. The third-order valence-electron chi connectivity index (χ3n) is 8.22. The van der Waals surface area contributed by atoms with Crippen molar-refractivity contribution in [2.75, 3.05) is 37.7 Å². The Morgan fingerprint density at radius 1 is 1.05 bits per heavy atom. The van der Waals surface area contributed by atoms with Crippen LogP contribution in [0.1, 0.15) is 28.2 Å². The second-order valence-corrected chi connectivity index (χ2v) is 11.0. The summed E-state index contributed by atoms with van der Waals surface area (Å²) in [6.45, 7) is 5.98. The normalized spacial score (nSPS) is 17.5. The van der Waals surface area contributed by atoms with Gasteiger partial charge in [0.2, 0.25) is 5.88 Å². The zero-order chi connectivity index (χ0) is 28.6. The molecule has 2 aromatic carbocycles. The average Bonchev–Trinajstić information content (AvgIpc) is 3.53. The molecule has 7 rings (SSSR count). The van der Waals surface area contributed by atoms with Gasteiger partial charge < -0.3 is 24.0 Å². The Balaban J connectivity index is 1.00. The highest BCUT2D eigenvalue weighted by molar-refractivity contribution is 5.92. The highest BCUT2D eigenvalue weighted by atomic mass is 16.5. The number of ether oxygens (including phenoxy) is 2.